The largest absolute Gasteiger partial charge is 0.449 e. The molecule has 0 radical (unpaired) electrons. The molecule has 1 amide bonds. The first-order valence-corrected chi connectivity index (χ1v) is 8.05. The van der Waals surface area contributed by atoms with Crippen molar-refractivity contribution in [3.63, 3.8) is 0 Å². The summed E-state index contributed by atoms with van der Waals surface area (Å²) in [6.07, 6.45) is 2.31. The molecular weight excluding hydrogens is 306 g/mol. The van der Waals surface area contributed by atoms with Crippen LogP contribution >= 0.6 is 0 Å². The third-order valence-corrected chi connectivity index (χ3v) is 3.70. The molecule has 0 unspecified atom stereocenters. The van der Waals surface area contributed by atoms with Gasteiger partial charge in [0.05, 0.1) is 16.6 Å². The van der Waals surface area contributed by atoms with E-state index >= 15 is 0 Å². The molecule has 0 bridgehead atoms. The van der Waals surface area contributed by atoms with Crippen molar-refractivity contribution in [3.8, 4) is 0 Å². The topological polar surface area (TPSA) is 72.4 Å². The number of ether oxygens (including phenoxy) is 1. The number of nitrogens with zero attached hydrogens (tertiary/aromatic N) is 3. The number of hydrogen-bond acceptors (Lipinski definition) is 5. The van der Waals surface area contributed by atoms with Crippen LogP contribution in [0.25, 0.3) is 11.0 Å². The maximum Gasteiger partial charge on any atom is 0.338 e. The Bertz CT molecular complexity index is 735. The van der Waals surface area contributed by atoms with Crippen LogP contribution in [0, 0.1) is 0 Å². The Morgan fingerprint density at radius 1 is 0.958 bits per heavy atom. The van der Waals surface area contributed by atoms with E-state index < -0.39 is 12.1 Å². The summed E-state index contributed by atoms with van der Waals surface area (Å²) in [5.74, 6) is -0.746. The summed E-state index contributed by atoms with van der Waals surface area (Å²) in [4.78, 5) is 34.9. The predicted octanol–water partition coefficient (Wildman–Crippen LogP) is 2.82. The first-order chi connectivity index (χ1) is 11.3. The Labute approximate surface area is 141 Å². The summed E-state index contributed by atoms with van der Waals surface area (Å²) in [5, 5.41) is 0. The minimum absolute atomic E-state index is 0.0367. The van der Waals surface area contributed by atoms with E-state index in [1.165, 1.54) is 0 Å². The second-order valence-corrected chi connectivity index (χ2v) is 6.24. The monoisotopic (exact) mass is 329 g/mol. The molecule has 0 spiro atoms. The minimum Gasteiger partial charge on any atom is -0.449 e. The van der Waals surface area contributed by atoms with Gasteiger partial charge in [0.25, 0.3) is 5.91 Å². The van der Waals surface area contributed by atoms with E-state index in [2.05, 4.69) is 9.97 Å². The second kappa shape index (κ2) is 7.38. The standard InChI is InChI=1S/C18H23N3O3/c1-11(2)21(12(3)4)17(22)13(5)24-18(23)14-6-7-15-16(10-14)20-9-8-19-15/h6-13H,1-5H3/t13-/m0/s1. The van der Waals surface area contributed by atoms with E-state index in [4.69, 9.17) is 4.74 Å². The molecule has 1 atom stereocenters. The van der Waals surface area contributed by atoms with Gasteiger partial charge in [0.15, 0.2) is 6.10 Å². The average Bonchev–Trinajstić information content (AvgIpc) is 2.53. The van der Waals surface area contributed by atoms with Crippen molar-refractivity contribution in [2.45, 2.75) is 52.8 Å². The minimum atomic E-state index is -0.847. The number of aromatic nitrogens is 2. The summed E-state index contributed by atoms with van der Waals surface area (Å²) in [6.45, 7) is 9.35. The van der Waals surface area contributed by atoms with Crippen LogP contribution in [-0.4, -0.2) is 44.9 Å². The molecule has 128 valence electrons. The molecule has 0 fully saturated rings. The zero-order valence-corrected chi connectivity index (χ0v) is 14.7. The van der Waals surface area contributed by atoms with E-state index in [1.54, 1.807) is 42.4 Å². The van der Waals surface area contributed by atoms with Gasteiger partial charge in [0.1, 0.15) is 0 Å². The number of esters is 1. The zero-order chi connectivity index (χ0) is 17.9. The lowest BCUT2D eigenvalue weighted by molar-refractivity contribution is -0.143. The molecule has 0 saturated heterocycles. The van der Waals surface area contributed by atoms with Gasteiger partial charge in [-0.1, -0.05) is 0 Å². The molecule has 24 heavy (non-hydrogen) atoms. The first-order valence-electron chi connectivity index (χ1n) is 8.05. The third kappa shape index (κ3) is 3.88. The fraction of sp³-hybridized carbons (Fsp3) is 0.444. The zero-order valence-electron chi connectivity index (χ0n) is 14.7. The number of hydrogen-bond donors (Lipinski definition) is 0. The predicted molar refractivity (Wildman–Crippen MR) is 91.5 cm³/mol. The van der Waals surface area contributed by atoms with Crippen LogP contribution in [0.15, 0.2) is 30.6 Å². The molecule has 0 aliphatic rings. The molecule has 6 nitrogen and oxygen atoms in total. The Morgan fingerprint density at radius 2 is 1.54 bits per heavy atom. The van der Waals surface area contributed by atoms with Crippen LogP contribution in [-0.2, 0) is 9.53 Å². The summed E-state index contributed by atoms with van der Waals surface area (Å²) in [5.41, 5.74) is 1.66. The quantitative estimate of drug-likeness (QED) is 0.789. The molecule has 1 heterocycles. The van der Waals surface area contributed by atoms with E-state index in [0.29, 0.717) is 16.6 Å². The molecule has 0 aliphatic carbocycles. The molecule has 2 rings (SSSR count). The highest BCUT2D eigenvalue weighted by molar-refractivity contribution is 5.95. The van der Waals surface area contributed by atoms with E-state index in [0.717, 1.165) is 0 Å². The number of rotatable bonds is 5. The van der Waals surface area contributed by atoms with Crippen molar-refractivity contribution >= 4 is 22.9 Å². The van der Waals surface area contributed by atoms with Gasteiger partial charge in [-0.05, 0) is 52.8 Å². The molecular formula is C18H23N3O3. The lowest BCUT2D eigenvalue weighted by atomic mass is 10.2. The molecule has 2 aromatic rings. The Hall–Kier alpha value is -2.50. The lowest BCUT2D eigenvalue weighted by Gasteiger charge is -2.32. The van der Waals surface area contributed by atoms with E-state index in [1.807, 2.05) is 27.7 Å². The van der Waals surface area contributed by atoms with Crippen molar-refractivity contribution < 1.29 is 14.3 Å². The fourth-order valence-corrected chi connectivity index (χ4v) is 2.68. The van der Waals surface area contributed by atoms with Crippen LogP contribution in [0.1, 0.15) is 45.0 Å². The highest BCUT2D eigenvalue weighted by Crippen LogP contribution is 2.14. The van der Waals surface area contributed by atoms with Gasteiger partial charge in [-0.15, -0.1) is 0 Å². The third-order valence-electron chi connectivity index (χ3n) is 3.70. The number of carbonyl (C=O) groups is 2. The molecule has 6 heteroatoms. The van der Waals surface area contributed by atoms with Crippen LogP contribution in [0.3, 0.4) is 0 Å². The molecule has 0 aliphatic heterocycles. The van der Waals surface area contributed by atoms with Crippen LogP contribution in [0.2, 0.25) is 0 Å². The summed E-state index contributed by atoms with van der Waals surface area (Å²) in [6, 6.07) is 5.02. The summed E-state index contributed by atoms with van der Waals surface area (Å²) < 4.78 is 5.35. The van der Waals surface area contributed by atoms with E-state index in [-0.39, 0.29) is 18.0 Å². The number of benzene rings is 1. The van der Waals surface area contributed by atoms with Crippen molar-refractivity contribution in [1.29, 1.82) is 0 Å². The molecule has 1 aromatic carbocycles. The highest BCUT2D eigenvalue weighted by atomic mass is 16.5. The number of fused-ring (bicyclic) bond motifs is 1. The van der Waals surface area contributed by atoms with Gasteiger partial charge in [-0.3, -0.25) is 14.8 Å². The van der Waals surface area contributed by atoms with Crippen molar-refractivity contribution in [1.82, 2.24) is 14.9 Å². The highest BCUT2D eigenvalue weighted by Gasteiger charge is 2.28. The van der Waals surface area contributed by atoms with Gasteiger partial charge in [-0.25, -0.2) is 4.79 Å². The normalized spacial score (nSPS) is 12.5. The first kappa shape index (κ1) is 17.8. The van der Waals surface area contributed by atoms with Gasteiger partial charge >= 0.3 is 5.97 Å². The molecule has 0 saturated carbocycles. The van der Waals surface area contributed by atoms with Gasteiger partial charge in [-0.2, -0.15) is 0 Å². The van der Waals surface area contributed by atoms with Gasteiger partial charge < -0.3 is 9.64 Å². The Balaban J connectivity index is 2.13. The Morgan fingerprint density at radius 3 is 2.12 bits per heavy atom. The van der Waals surface area contributed by atoms with Crippen molar-refractivity contribution in [2.75, 3.05) is 0 Å². The van der Waals surface area contributed by atoms with Crippen molar-refractivity contribution in [3.05, 3.63) is 36.2 Å². The number of carbonyl (C=O) groups excluding carboxylic acids is 2. The fourth-order valence-electron chi connectivity index (χ4n) is 2.68. The Kier molecular flexibility index (Phi) is 5.49. The maximum atomic E-state index is 12.5. The average molecular weight is 329 g/mol. The summed E-state index contributed by atoms with van der Waals surface area (Å²) in [7, 11) is 0. The van der Waals surface area contributed by atoms with Gasteiger partial charge in [0.2, 0.25) is 0 Å². The SMILES string of the molecule is CC(C)N(C(=O)[C@H](C)OC(=O)c1ccc2nccnc2c1)C(C)C. The maximum absolute atomic E-state index is 12.5. The molecule has 1 aromatic heterocycles. The molecule has 0 N–H and O–H groups in total. The summed E-state index contributed by atoms with van der Waals surface area (Å²) >= 11 is 0. The van der Waals surface area contributed by atoms with Crippen LogP contribution in [0.5, 0.6) is 0 Å². The van der Waals surface area contributed by atoms with Crippen LogP contribution in [0.4, 0.5) is 0 Å². The smallest absolute Gasteiger partial charge is 0.338 e. The van der Waals surface area contributed by atoms with E-state index in [9.17, 15) is 9.59 Å². The second-order valence-electron chi connectivity index (χ2n) is 6.24. The van der Waals surface area contributed by atoms with Gasteiger partial charge in [0, 0.05) is 24.5 Å². The van der Waals surface area contributed by atoms with Crippen molar-refractivity contribution in [2.24, 2.45) is 0 Å². The van der Waals surface area contributed by atoms with Crippen LogP contribution < -0.4 is 0 Å². The lowest BCUT2D eigenvalue weighted by Crippen LogP contribution is -2.47. The number of amides is 1.